The maximum Gasteiger partial charge on any atom is 0.221 e. The number of carbonyl (C=O) groups excluding carboxylic acids is 1. The summed E-state index contributed by atoms with van der Waals surface area (Å²) in [5.74, 6) is 0.519. The number of pyridine rings is 1. The third-order valence-electron chi connectivity index (χ3n) is 2.50. The molecule has 102 valence electrons. The Labute approximate surface area is 122 Å². The second-order valence-electron chi connectivity index (χ2n) is 4.18. The Hall–Kier alpha value is -2.47. The van der Waals surface area contributed by atoms with E-state index >= 15 is 0 Å². The zero-order valence-electron chi connectivity index (χ0n) is 10.9. The Morgan fingerprint density at radius 2 is 2.00 bits per heavy atom. The van der Waals surface area contributed by atoms with Gasteiger partial charge in [0.1, 0.15) is 10.8 Å². The Balaban J connectivity index is 2.19. The van der Waals surface area contributed by atoms with E-state index in [4.69, 9.17) is 18.0 Å². The summed E-state index contributed by atoms with van der Waals surface area (Å²) in [6.45, 7) is 1.47. The van der Waals surface area contributed by atoms with E-state index in [1.54, 1.807) is 18.3 Å². The Kier molecular flexibility index (Phi) is 4.27. The zero-order valence-corrected chi connectivity index (χ0v) is 11.7. The molecule has 2 rings (SSSR count). The monoisotopic (exact) mass is 286 g/mol. The minimum absolute atomic E-state index is 0.115. The van der Waals surface area contributed by atoms with Crippen LogP contribution in [0.2, 0.25) is 0 Å². The maximum absolute atomic E-state index is 11.0. The molecule has 0 aliphatic rings. The van der Waals surface area contributed by atoms with E-state index in [1.165, 1.54) is 6.92 Å². The number of amides is 1. The number of thiocarbonyl (C=S) groups is 1. The van der Waals surface area contributed by atoms with Crippen molar-refractivity contribution in [2.45, 2.75) is 6.92 Å². The average molecular weight is 286 g/mol. The van der Waals surface area contributed by atoms with Gasteiger partial charge in [-0.25, -0.2) is 4.98 Å². The van der Waals surface area contributed by atoms with Gasteiger partial charge < -0.3 is 16.4 Å². The fraction of sp³-hybridized carbons (Fsp3) is 0.0714. The number of benzene rings is 1. The molecule has 2 aromatic rings. The first-order valence-corrected chi connectivity index (χ1v) is 6.36. The van der Waals surface area contributed by atoms with Gasteiger partial charge in [0, 0.05) is 30.1 Å². The average Bonchev–Trinajstić information content (AvgIpc) is 2.38. The molecule has 1 heterocycles. The van der Waals surface area contributed by atoms with E-state index in [9.17, 15) is 4.79 Å². The molecule has 1 aromatic heterocycles. The van der Waals surface area contributed by atoms with Crippen molar-refractivity contribution in [1.82, 2.24) is 4.98 Å². The first kappa shape index (κ1) is 14.0. The van der Waals surface area contributed by atoms with E-state index in [1.807, 2.05) is 24.3 Å². The molecule has 0 aliphatic carbocycles. The van der Waals surface area contributed by atoms with E-state index < -0.39 is 0 Å². The third-order valence-corrected chi connectivity index (χ3v) is 2.74. The number of carbonyl (C=O) groups is 1. The SMILES string of the molecule is CC(=O)Nc1cccc(Nc2cc(C(N)=S)ccn2)c1. The second kappa shape index (κ2) is 6.12. The molecule has 0 saturated heterocycles. The molecule has 0 radical (unpaired) electrons. The number of anilines is 3. The first-order chi connectivity index (χ1) is 9.54. The highest BCUT2D eigenvalue weighted by atomic mass is 32.1. The van der Waals surface area contributed by atoms with Gasteiger partial charge in [-0.15, -0.1) is 0 Å². The van der Waals surface area contributed by atoms with Crippen LogP contribution in [0.15, 0.2) is 42.6 Å². The van der Waals surface area contributed by atoms with Crippen LogP contribution in [0, 0.1) is 0 Å². The summed E-state index contributed by atoms with van der Waals surface area (Å²) in [6, 6.07) is 10.9. The van der Waals surface area contributed by atoms with Crippen LogP contribution in [0.4, 0.5) is 17.2 Å². The molecular formula is C14H14N4OS. The summed E-state index contributed by atoms with van der Waals surface area (Å²) in [5, 5.41) is 5.86. The molecule has 20 heavy (non-hydrogen) atoms. The van der Waals surface area contributed by atoms with Gasteiger partial charge in [0.2, 0.25) is 5.91 Å². The van der Waals surface area contributed by atoms with Crippen LogP contribution in [0.5, 0.6) is 0 Å². The van der Waals surface area contributed by atoms with Gasteiger partial charge in [0.05, 0.1) is 0 Å². The highest BCUT2D eigenvalue weighted by Gasteiger charge is 2.02. The Bertz CT molecular complexity index is 657. The predicted molar refractivity (Wildman–Crippen MR) is 84.2 cm³/mol. The summed E-state index contributed by atoms with van der Waals surface area (Å²) < 4.78 is 0. The van der Waals surface area contributed by atoms with Crippen molar-refractivity contribution < 1.29 is 4.79 Å². The molecule has 4 N–H and O–H groups in total. The molecule has 0 saturated carbocycles. The van der Waals surface area contributed by atoms with Crippen LogP contribution in [-0.4, -0.2) is 15.9 Å². The Morgan fingerprint density at radius 1 is 1.25 bits per heavy atom. The van der Waals surface area contributed by atoms with Gasteiger partial charge in [0.25, 0.3) is 0 Å². The molecule has 0 unspecified atom stereocenters. The van der Waals surface area contributed by atoms with Crippen molar-refractivity contribution in [1.29, 1.82) is 0 Å². The molecule has 1 aromatic carbocycles. The summed E-state index contributed by atoms with van der Waals surface area (Å²) in [5.41, 5.74) is 7.85. The van der Waals surface area contributed by atoms with Gasteiger partial charge in [-0.3, -0.25) is 4.79 Å². The number of nitrogens with one attached hydrogen (secondary N) is 2. The lowest BCUT2D eigenvalue weighted by Gasteiger charge is -2.09. The van der Waals surface area contributed by atoms with Gasteiger partial charge >= 0.3 is 0 Å². The van der Waals surface area contributed by atoms with Gasteiger partial charge in [0.15, 0.2) is 0 Å². The standard InChI is InChI=1S/C14H14N4OS/c1-9(19)17-11-3-2-4-12(8-11)18-13-7-10(14(15)20)5-6-16-13/h2-8H,1H3,(H2,15,20)(H,16,18)(H,17,19). The molecule has 0 fully saturated rings. The third kappa shape index (κ3) is 3.76. The number of nitrogens with zero attached hydrogens (tertiary/aromatic N) is 1. The number of rotatable bonds is 4. The van der Waals surface area contributed by atoms with E-state index in [0.717, 1.165) is 11.3 Å². The molecule has 0 atom stereocenters. The lowest BCUT2D eigenvalue weighted by Crippen LogP contribution is -2.10. The number of nitrogens with two attached hydrogens (primary N) is 1. The minimum atomic E-state index is -0.115. The van der Waals surface area contributed by atoms with Gasteiger partial charge in [-0.05, 0) is 30.3 Å². The van der Waals surface area contributed by atoms with Crippen LogP contribution < -0.4 is 16.4 Å². The smallest absolute Gasteiger partial charge is 0.221 e. The lowest BCUT2D eigenvalue weighted by molar-refractivity contribution is -0.114. The van der Waals surface area contributed by atoms with Crippen molar-refractivity contribution in [2.75, 3.05) is 10.6 Å². The maximum atomic E-state index is 11.0. The predicted octanol–water partition coefficient (Wildman–Crippen LogP) is 2.42. The number of aromatic nitrogens is 1. The van der Waals surface area contributed by atoms with Gasteiger partial charge in [-0.1, -0.05) is 18.3 Å². The van der Waals surface area contributed by atoms with E-state index in [-0.39, 0.29) is 5.91 Å². The van der Waals surface area contributed by atoms with E-state index in [2.05, 4.69) is 15.6 Å². The van der Waals surface area contributed by atoms with Crippen LogP contribution in [0.1, 0.15) is 12.5 Å². The fourth-order valence-electron chi connectivity index (χ4n) is 1.68. The van der Waals surface area contributed by atoms with Crippen molar-refractivity contribution in [2.24, 2.45) is 5.73 Å². The highest BCUT2D eigenvalue weighted by Crippen LogP contribution is 2.19. The normalized spacial score (nSPS) is 9.85. The van der Waals surface area contributed by atoms with Crippen molar-refractivity contribution in [3.63, 3.8) is 0 Å². The minimum Gasteiger partial charge on any atom is -0.389 e. The van der Waals surface area contributed by atoms with Crippen molar-refractivity contribution in [3.8, 4) is 0 Å². The molecular weight excluding hydrogens is 272 g/mol. The van der Waals surface area contributed by atoms with Crippen LogP contribution >= 0.6 is 12.2 Å². The molecule has 1 amide bonds. The lowest BCUT2D eigenvalue weighted by atomic mass is 10.2. The summed E-state index contributed by atoms with van der Waals surface area (Å²) in [6.07, 6.45) is 1.63. The summed E-state index contributed by atoms with van der Waals surface area (Å²) in [4.78, 5) is 15.5. The highest BCUT2D eigenvalue weighted by molar-refractivity contribution is 7.80. The summed E-state index contributed by atoms with van der Waals surface area (Å²) in [7, 11) is 0. The zero-order chi connectivity index (χ0) is 14.5. The topological polar surface area (TPSA) is 80.0 Å². The quantitative estimate of drug-likeness (QED) is 0.752. The number of hydrogen-bond acceptors (Lipinski definition) is 4. The van der Waals surface area contributed by atoms with Crippen LogP contribution in [0.25, 0.3) is 0 Å². The van der Waals surface area contributed by atoms with Crippen molar-refractivity contribution >= 4 is 40.3 Å². The van der Waals surface area contributed by atoms with Crippen molar-refractivity contribution in [3.05, 3.63) is 48.2 Å². The molecule has 6 heteroatoms. The number of hydrogen-bond donors (Lipinski definition) is 3. The van der Waals surface area contributed by atoms with Crippen LogP contribution in [0.3, 0.4) is 0 Å². The van der Waals surface area contributed by atoms with E-state index in [0.29, 0.717) is 16.5 Å². The Morgan fingerprint density at radius 3 is 2.70 bits per heavy atom. The van der Waals surface area contributed by atoms with Crippen LogP contribution in [-0.2, 0) is 4.79 Å². The first-order valence-electron chi connectivity index (χ1n) is 5.95. The molecule has 5 nitrogen and oxygen atoms in total. The largest absolute Gasteiger partial charge is 0.389 e. The second-order valence-corrected chi connectivity index (χ2v) is 4.62. The molecule has 0 bridgehead atoms. The fourth-order valence-corrected chi connectivity index (χ4v) is 1.80. The molecule has 0 spiro atoms. The van der Waals surface area contributed by atoms with Gasteiger partial charge in [-0.2, -0.15) is 0 Å². The summed E-state index contributed by atoms with van der Waals surface area (Å²) >= 11 is 4.93. The molecule has 0 aliphatic heterocycles.